The molecular formula is C25H28N6O5. The molecule has 2 amide bonds. The first-order valence-electron chi connectivity index (χ1n) is 11.5. The number of non-ortho nitro benzene ring substituents is 1. The second-order valence-electron chi connectivity index (χ2n) is 8.81. The van der Waals surface area contributed by atoms with Crippen LogP contribution in [0.4, 0.5) is 5.69 Å². The summed E-state index contributed by atoms with van der Waals surface area (Å²) in [6.07, 6.45) is 2.17. The van der Waals surface area contributed by atoms with Gasteiger partial charge in [-0.1, -0.05) is 49.4 Å². The molecule has 0 spiro atoms. The molecule has 3 aromatic rings. The molecule has 11 heteroatoms. The van der Waals surface area contributed by atoms with Crippen molar-refractivity contribution in [3.05, 3.63) is 87.7 Å². The van der Waals surface area contributed by atoms with Crippen LogP contribution in [0.25, 0.3) is 0 Å². The van der Waals surface area contributed by atoms with E-state index in [1.807, 2.05) is 44.2 Å². The van der Waals surface area contributed by atoms with Crippen LogP contribution in [0.3, 0.4) is 0 Å². The number of carbonyl (C=O) groups excluding carboxylic acids is 3. The fourth-order valence-electron chi connectivity index (χ4n) is 3.79. The second-order valence-corrected chi connectivity index (χ2v) is 8.81. The summed E-state index contributed by atoms with van der Waals surface area (Å²) in [5.41, 5.74) is 1.29. The van der Waals surface area contributed by atoms with Gasteiger partial charge in [0.05, 0.1) is 22.9 Å². The summed E-state index contributed by atoms with van der Waals surface area (Å²) in [4.78, 5) is 48.6. The third-order valence-electron chi connectivity index (χ3n) is 5.45. The predicted octanol–water partition coefficient (Wildman–Crippen LogP) is 2.83. The fraction of sp³-hybridized carbons (Fsp3) is 0.320. The summed E-state index contributed by atoms with van der Waals surface area (Å²) in [7, 11) is 0. The molecule has 2 N–H and O–H groups in total. The predicted molar refractivity (Wildman–Crippen MR) is 131 cm³/mol. The lowest BCUT2D eigenvalue weighted by Gasteiger charge is -2.24. The molecule has 0 bridgehead atoms. The Kier molecular flexibility index (Phi) is 8.61. The van der Waals surface area contributed by atoms with Crippen molar-refractivity contribution in [2.45, 2.75) is 45.7 Å². The molecule has 0 radical (unpaired) electrons. The molecule has 0 saturated carbocycles. The number of amides is 2. The van der Waals surface area contributed by atoms with Gasteiger partial charge in [0, 0.05) is 31.0 Å². The molecule has 1 heterocycles. The summed E-state index contributed by atoms with van der Waals surface area (Å²) in [5.74, 6) is -1.15. The first-order chi connectivity index (χ1) is 17.2. The Balaban J connectivity index is 1.86. The summed E-state index contributed by atoms with van der Waals surface area (Å²) in [5, 5.41) is 24.4. The minimum atomic E-state index is -0.825. The zero-order valence-electron chi connectivity index (χ0n) is 20.2. The van der Waals surface area contributed by atoms with Gasteiger partial charge in [-0.2, -0.15) is 4.68 Å². The third kappa shape index (κ3) is 6.81. The number of carbonyl (C=O) groups is 3. The van der Waals surface area contributed by atoms with E-state index in [2.05, 4.69) is 20.9 Å². The van der Waals surface area contributed by atoms with Gasteiger partial charge in [-0.25, -0.2) is 0 Å². The third-order valence-corrected chi connectivity index (χ3v) is 5.45. The second kappa shape index (κ2) is 11.8. The van der Waals surface area contributed by atoms with Crippen LogP contribution in [-0.4, -0.2) is 43.7 Å². The van der Waals surface area contributed by atoms with Gasteiger partial charge in [-0.05, 0) is 30.0 Å². The highest BCUT2D eigenvalue weighted by molar-refractivity contribution is 5.96. The molecule has 0 fully saturated rings. The maximum absolute atomic E-state index is 13.3. The van der Waals surface area contributed by atoms with Crippen molar-refractivity contribution in [2.75, 3.05) is 0 Å². The number of rotatable bonds is 10. The Labute approximate surface area is 208 Å². The van der Waals surface area contributed by atoms with Crippen LogP contribution in [0.15, 0.2) is 60.8 Å². The Morgan fingerprint density at radius 3 is 2.28 bits per heavy atom. The average molecular weight is 493 g/mol. The highest BCUT2D eigenvalue weighted by atomic mass is 16.6. The Morgan fingerprint density at radius 2 is 1.69 bits per heavy atom. The van der Waals surface area contributed by atoms with Gasteiger partial charge >= 0.3 is 0 Å². The largest absolute Gasteiger partial charge is 0.346 e. The van der Waals surface area contributed by atoms with Crippen molar-refractivity contribution in [1.29, 1.82) is 0 Å². The maximum Gasteiger partial charge on any atom is 0.279 e. The molecule has 2 aromatic carbocycles. The van der Waals surface area contributed by atoms with E-state index in [-0.39, 0.29) is 23.1 Å². The van der Waals surface area contributed by atoms with Crippen molar-refractivity contribution in [2.24, 2.45) is 5.92 Å². The number of nitrogens with zero attached hydrogens (tertiary/aromatic N) is 4. The van der Waals surface area contributed by atoms with Crippen molar-refractivity contribution >= 4 is 23.4 Å². The number of nitro benzene ring substituents is 1. The lowest BCUT2D eigenvalue weighted by atomic mass is 9.99. The van der Waals surface area contributed by atoms with Crippen molar-refractivity contribution in [3.8, 4) is 0 Å². The zero-order chi connectivity index (χ0) is 26.2. The molecule has 2 atom stereocenters. The molecule has 3 rings (SSSR count). The SMILES string of the molecule is CC(=O)N[C@@H](Cc1ccccc1)C(=O)N[C@@H](CC(C)C)c1cnnn1C(=O)c1ccc([N+](=O)[O-])cc1. The Bertz CT molecular complexity index is 1220. The van der Waals surface area contributed by atoms with E-state index in [1.165, 1.54) is 37.4 Å². The van der Waals surface area contributed by atoms with Crippen LogP contribution in [0.2, 0.25) is 0 Å². The number of hydrogen-bond donors (Lipinski definition) is 2. The molecular weight excluding hydrogens is 464 g/mol. The molecule has 36 heavy (non-hydrogen) atoms. The van der Waals surface area contributed by atoms with E-state index in [4.69, 9.17) is 0 Å². The maximum atomic E-state index is 13.3. The summed E-state index contributed by atoms with van der Waals surface area (Å²) < 4.78 is 1.08. The normalized spacial score (nSPS) is 12.6. The van der Waals surface area contributed by atoms with Gasteiger partial charge in [0.2, 0.25) is 11.8 Å². The zero-order valence-corrected chi connectivity index (χ0v) is 20.2. The van der Waals surface area contributed by atoms with Crippen LogP contribution in [-0.2, 0) is 16.0 Å². The number of hydrogen-bond acceptors (Lipinski definition) is 7. The quantitative estimate of drug-likeness (QED) is 0.326. The first-order valence-corrected chi connectivity index (χ1v) is 11.5. The minimum Gasteiger partial charge on any atom is -0.346 e. The van der Waals surface area contributed by atoms with Crippen LogP contribution in [0.5, 0.6) is 0 Å². The summed E-state index contributed by atoms with van der Waals surface area (Å²) in [6.45, 7) is 5.29. The van der Waals surface area contributed by atoms with Gasteiger partial charge in [0.1, 0.15) is 6.04 Å². The number of benzene rings is 2. The average Bonchev–Trinajstić information content (AvgIpc) is 3.33. The first kappa shape index (κ1) is 26.2. The van der Waals surface area contributed by atoms with Crippen LogP contribution >= 0.6 is 0 Å². The van der Waals surface area contributed by atoms with Gasteiger partial charge in [-0.15, -0.1) is 5.10 Å². The van der Waals surface area contributed by atoms with Crippen molar-refractivity contribution in [3.63, 3.8) is 0 Å². The summed E-state index contributed by atoms with van der Waals surface area (Å²) in [6, 6.07) is 13.0. The minimum absolute atomic E-state index is 0.140. The molecule has 0 aliphatic heterocycles. The summed E-state index contributed by atoms with van der Waals surface area (Å²) >= 11 is 0. The van der Waals surface area contributed by atoms with Crippen molar-refractivity contribution < 1.29 is 19.3 Å². The van der Waals surface area contributed by atoms with Gasteiger partial charge in [0.15, 0.2) is 0 Å². The van der Waals surface area contributed by atoms with Gasteiger partial charge < -0.3 is 10.6 Å². The Morgan fingerprint density at radius 1 is 1.03 bits per heavy atom. The van der Waals surface area contributed by atoms with E-state index in [9.17, 15) is 24.5 Å². The van der Waals surface area contributed by atoms with E-state index in [0.717, 1.165) is 10.2 Å². The number of aromatic nitrogens is 3. The molecule has 0 unspecified atom stereocenters. The van der Waals surface area contributed by atoms with E-state index < -0.39 is 28.8 Å². The molecule has 11 nitrogen and oxygen atoms in total. The lowest BCUT2D eigenvalue weighted by molar-refractivity contribution is -0.384. The molecule has 0 aliphatic rings. The number of nitro groups is 1. The van der Waals surface area contributed by atoms with Crippen LogP contribution in [0, 0.1) is 16.0 Å². The molecule has 0 aliphatic carbocycles. The standard InChI is InChI=1S/C25H28N6O5/c1-16(2)13-21(28-24(33)22(27-17(3)32)14-18-7-5-4-6-8-18)23-15-26-29-30(23)25(34)19-9-11-20(12-10-19)31(35)36/h4-12,15-16,21-22H,13-14H2,1-3H3,(H,27,32)(H,28,33)/t21-,22-/m0/s1. The molecule has 0 saturated heterocycles. The van der Waals surface area contributed by atoms with Crippen molar-refractivity contribution in [1.82, 2.24) is 25.6 Å². The fourth-order valence-corrected chi connectivity index (χ4v) is 3.79. The highest BCUT2D eigenvalue weighted by Crippen LogP contribution is 2.22. The molecule has 1 aromatic heterocycles. The smallest absolute Gasteiger partial charge is 0.279 e. The monoisotopic (exact) mass is 492 g/mol. The highest BCUT2D eigenvalue weighted by Gasteiger charge is 2.28. The number of nitrogens with one attached hydrogen (secondary N) is 2. The Hall–Kier alpha value is -4.41. The lowest BCUT2D eigenvalue weighted by Crippen LogP contribution is -2.48. The van der Waals surface area contributed by atoms with Crippen LogP contribution in [0.1, 0.15) is 54.8 Å². The van der Waals surface area contributed by atoms with Crippen LogP contribution < -0.4 is 10.6 Å². The van der Waals surface area contributed by atoms with Gasteiger partial charge in [-0.3, -0.25) is 24.5 Å². The van der Waals surface area contributed by atoms with E-state index in [1.54, 1.807) is 0 Å². The topological polar surface area (TPSA) is 149 Å². The van der Waals surface area contributed by atoms with E-state index >= 15 is 0 Å². The molecule has 188 valence electrons. The van der Waals surface area contributed by atoms with Gasteiger partial charge in [0.25, 0.3) is 11.6 Å². The van der Waals surface area contributed by atoms with E-state index in [0.29, 0.717) is 18.5 Å².